The number of benzene rings is 1. The van der Waals surface area contributed by atoms with Crippen molar-refractivity contribution in [3.63, 3.8) is 0 Å². The lowest BCUT2D eigenvalue weighted by Crippen LogP contribution is -1.99. The molecule has 6 heteroatoms. The summed E-state index contributed by atoms with van der Waals surface area (Å²) >= 11 is 8.98. The number of nitrogens with zero attached hydrogens (tertiary/aromatic N) is 2. The Morgan fingerprint density at radius 3 is 2.88 bits per heavy atom. The van der Waals surface area contributed by atoms with Gasteiger partial charge >= 0.3 is 0 Å². The Balaban J connectivity index is 2.34. The lowest BCUT2D eigenvalue weighted by atomic mass is 10.3. The lowest BCUT2D eigenvalue weighted by molar-refractivity contribution is 0.627. The number of aromatic nitrogens is 2. The van der Waals surface area contributed by atoms with E-state index in [4.69, 9.17) is 11.6 Å². The van der Waals surface area contributed by atoms with Crippen LogP contribution in [-0.2, 0) is 0 Å². The smallest absolute Gasteiger partial charge is 0.224 e. The van der Waals surface area contributed by atoms with E-state index in [1.54, 1.807) is 12.3 Å². The Hall–Kier alpha value is -1.20. The molecule has 0 saturated carbocycles. The van der Waals surface area contributed by atoms with Crippen molar-refractivity contribution in [3.8, 4) is 0 Å². The van der Waals surface area contributed by atoms with E-state index < -0.39 is 0 Å². The Morgan fingerprint density at radius 1 is 1.41 bits per heavy atom. The number of hydrogen-bond acceptors (Lipinski definition) is 3. The highest BCUT2D eigenvalue weighted by Gasteiger charge is 2.06. The van der Waals surface area contributed by atoms with Gasteiger partial charge in [-0.25, -0.2) is 14.4 Å². The van der Waals surface area contributed by atoms with Gasteiger partial charge in [-0.15, -0.1) is 0 Å². The molecule has 0 aliphatic carbocycles. The highest BCUT2D eigenvalue weighted by molar-refractivity contribution is 9.10. The molecule has 0 saturated heterocycles. The van der Waals surface area contributed by atoms with E-state index in [0.717, 1.165) is 5.56 Å². The molecule has 0 bridgehead atoms. The van der Waals surface area contributed by atoms with Crippen LogP contribution in [0.25, 0.3) is 0 Å². The normalized spacial score (nSPS) is 10.4. The number of halogens is 3. The predicted molar refractivity (Wildman–Crippen MR) is 69.2 cm³/mol. The molecule has 1 aromatic carbocycles. The monoisotopic (exact) mass is 315 g/mol. The van der Waals surface area contributed by atoms with Gasteiger partial charge in [-0.05, 0) is 52.7 Å². The van der Waals surface area contributed by atoms with E-state index in [2.05, 4.69) is 31.2 Å². The minimum atomic E-state index is -0.306. The summed E-state index contributed by atoms with van der Waals surface area (Å²) in [6, 6.07) is 4.36. The lowest BCUT2D eigenvalue weighted by Gasteiger charge is -2.09. The average Bonchev–Trinajstić information content (AvgIpc) is 2.27. The summed E-state index contributed by atoms with van der Waals surface area (Å²) in [5.74, 6) is 0.289. The number of rotatable bonds is 2. The largest absolute Gasteiger partial charge is 0.339 e. The van der Waals surface area contributed by atoms with Crippen molar-refractivity contribution in [1.82, 2.24) is 9.97 Å². The summed E-state index contributed by atoms with van der Waals surface area (Å²) in [6.07, 6.45) is 1.62. The Morgan fingerprint density at radius 2 is 2.18 bits per heavy atom. The summed E-state index contributed by atoms with van der Waals surface area (Å²) in [5, 5.41) is 3.22. The van der Waals surface area contributed by atoms with Crippen LogP contribution in [0.5, 0.6) is 0 Å². The summed E-state index contributed by atoms with van der Waals surface area (Å²) in [6.45, 7) is 1.86. The topological polar surface area (TPSA) is 37.8 Å². The third-order valence-electron chi connectivity index (χ3n) is 2.13. The van der Waals surface area contributed by atoms with Crippen molar-refractivity contribution in [2.75, 3.05) is 5.32 Å². The summed E-state index contributed by atoms with van der Waals surface area (Å²) in [7, 11) is 0. The fourth-order valence-corrected chi connectivity index (χ4v) is 1.85. The Labute approximate surface area is 111 Å². The molecule has 1 N–H and O–H groups in total. The van der Waals surface area contributed by atoms with Crippen molar-refractivity contribution in [2.24, 2.45) is 0 Å². The van der Waals surface area contributed by atoms with Gasteiger partial charge in [0.15, 0.2) is 0 Å². The number of hydrogen-bond donors (Lipinski definition) is 1. The first-order valence-electron chi connectivity index (χ1n) is 4.77. The molecule has 1 aromatic heterocycles. The fourth-order valence-electron chi connectivity index (χ4n) is 1.27. The van der Waals surface area contributed by atoms with Crippen LogP contribution in [0.15, 0.2) is 28.9 Å². The van der Waals surface area contributed by atoms with Gasteiger partial charge in [0.05, 0.1) is 5.69 Å². The molecule has 0 unspecified atom stereocenters. The van der Waals surface area contributed by atoms with Crippen molar-refractivity contribution < 1.29 is 4.39 Å². The standard InChI is InChI=1S/C11H8BrClFN3/c1-6-5-15-11(13)17-10(6)16-9-3-2-7(14)4-8(9)12/h2-5H,1H3,(H,15,16,17). The second-order valence-electron chi connectivity index (χ2n) is 3.42. The minimum Gasteiger partial charge on any atom is -0.339 e. The molecular weight excluding hydrogens is 308 g/mol. The maximum atomic E-state index is 12.9. The molecule has 0 radical (unpaired) electrons. The zero-order valence-electron chi connectivity index (χ0n) is 8.84. The maximum absolute atomic E-state index is 12.9. The van der Waals surface area contributed by atoms with Crippen molar-refractivity contribution in [3.05, 3.63) is 45.5 Å². The van der Waals surface area contributed by atoms with Crippen LogP contribution in [0.2, 0.25) is 5.28 Å². The zero-order valence-corrected chi connectivity index (χ0v) is 11.2. The number of nitrogens with one attached hydrogen (secondary N) is 1. The Bertz CT molecular complexity index is 562. The van der Waals surface area contributed by atoms with Gasteiger partial charge in [0.1, 0.15) is 11.6 Å². The fraction of sp³-hybridized carbons (Fsp3) is 0.0909. The highest BCUT2D eigenvalue weighted by Crippen LogP contribution is 2.27. The van der Waals surface area contributed by atoms with Crippen LogP contribution in [0.4, 0.5) is 15.9 Å². The molecule has 2 rings (SSSR count). The van der Waals surface area contributed by atoms with Crippen molar-refractivity contribution in [1.29, 1.82) is 0 Å². The molecule has 17 heavy (non-hydrogen) atoms. The first-order chi connectivity index (χ1) is 8.06. The second-order valence-corrected chi connectivity index (χ2v) is 4.61. The molecule has 0 amide bonds. The van der Waals surface area contributed by atoms with Gasteiger partial charge in [-0.3, -0.25) is 0 Å². The van der Waals surface area contributed by atoms with Crippen LogP contribution in [0.1, 0.15) is 5.56 Å². The SMILES string of the molecule is Cc1cnc(Cl)nc1Nc1ccc(F)cc1Br. The van der Waals surface area contributed by atoms with E-state index in [-0.39, 0.29) is 11.1 Å². The van der Waals surface area contributed by atoms with Crippen LogP contribution >= 0.6 is 27.5 Å². The molecule has 3 nitrogen and oxygen atoms in total. The van der Waals surface area contributed by atoms with Gasteiger partial charge in [-0.1, -0.05) is 0 Å². The first-order valence-corrected chi connectivity index (χ1v) is 5.94. The van der Waals surface area contributed by atoms with Crippen LogP contribution in [0.3, 0.4) is 0 Å². The molecular formula is C11H8BrClFN3. The minimum absolute atomic E-state index is 0.163. The predicted octanol–water partition coefficient (Wildman–Crippen LogP) is 4.08. The number of aryl methyl sites for hydroxylation is 1. The molecule has 1 heterocycles. The first kappa shape index (κ1) is 12.3. The molecule has 0 atom stereocenters. The molecule has 0 fully saturated rings. The maximum Gasteiger partial charge on any atom is 0.224 e. The van der Waals surface area contributed by atoms with E-state index in [0.29, 0.717) is 16.0 Å². The third-order valence-corrected chi connectivity index (χ3v) is 2.96. The van der Waals surface area contributed by atoms with Gasteiger partial charge in [0.2, 0.25) is 5.28 Å². The quantitative estimate of drug-likeness (QED) is 0.848. The van der Waals surface area contributed by atoms with Gasteiger partial charge in [0.25, 0.3) is 0 Å². The summed E-state index contributed by atoms with van der Waals surface area (Å²) in [4.78, 5) is 7.92. The van der Waals surface area contributed by atoms with E-state index in [1.807, 2.05) is 6.92 Å². The van der Waals surface area contributed by atoms with Gasteiger partial charge in [0, 0.05) is 16.2 Å². The molecule has 0 aliphatic rings. The highest BCUT2D eigenvalue weighted by atomic mass is 79.9. The molecule has 88 valence electrons. The van der Waals surface area contributed by atoms with Crippen LogP contribution in [-0.4, -0.2) is 9.97 Å². The van der Waals surface area contributed by atoms with Crippen LogP contribution in [0, 0.1) is 12.7 Å². The van der Waals surface area contributed by atoms with Crippen molar-refractivity contribution in [2.45, 2.75) is 6.92 Å². The van der Waals surface area contributed by atoms with E-state index in [1.165, 1.54) is 12.1 Å². The average molecular weight is 317 g/mol. The van der Waals surface area contributed by atoms with Gasteiger partial charge in [-0.2, -0.15) is 0 Å². The molecule has 2 aromatic rings. The third kappa shape index (κ3) is 2.92. The van der Waals surface area contributed by atoms with E-state index in [9.17, 15) is 4.39 Å². The van der Waals surface area contributed by atoms with E-state index >= 15 is 0 Å². The number of anilines is 2. The van der Waals surface area contributed by atoms with Crippen LogP contribution < -0.4 is 5.32 Å². The molecule has 0 spiro atoms. The van der Waals surface area contributed by atoms with Crippen molar-refractivity contribution >= 4 is 39.0 Å². The summed E-state index contributed by atoms with van der Waals surface area (Å²) < 4.78 is 13.5. The second kappa shape index (κ2) is 4.98. The van der Waals surface area contributed by atoms with Gasteiger partial charge < -0.3 is 5.32 Å². The molecule has 0 aliphatic heterocycles. The zero-order chi connectivity index (χ0) is 12.4. The Kier molecular flexibility index (Phi) is 3.59. The summed E-state index contributed by atoms with van der Waals surface area (Å²) in [5.41, 5.74) is 1.56.